The molecule has 12 heteroatoms. The summed E-state index contributed by atoms with van der Waals surface area (Å²) in [7, 11) is 0. The summed E-state index contributed by atoms with van der Waals surface area (Å²) in [6.45, 7) is 0.642. The Labute approximate surface area is 309 Å². The van der Waals surface area contributed by atoms with Gasteiger partial charge in [0.1, 0.15) is 17.0 Å². The van der Waals surface area contributed by atoms with Gasteiger partial charge in [-0.1, -0.05) is 48.9 Å². The lowest BCUT2D eigenvalue weighted by molar-refractivity contribution is -0.137. The summed E-state index contributed by atoms with van der Waals surface area (Å²) in [5.74, 6) is -1.05. The summed E-state index contributed by atoms with van der Waals surface area (Å²) in [4.78, 5) is 69.9. The minimum absolute atomic E-state index is 0. The molecule has 2 aromatic heterocycles. The molecule has 1 atom stereocenters. The molecular formula is C41H35ClN4O7. The van der Waals surface area contributed by atoms with Gasteiger partial charge in [-0.15, -0.1) is 11.6 Å². The number of aromatic amines is 1. The van der Waals surface area contributed by atoms with E-state index >= 15 is 0 Å². The van der Waals surface area contributed by atoms with Crippen molar-refractivity contribution in [1.82, 2.24) is 9.88 Å². The van der Waals surface area contributed by atoms with Gasteiger partial charge in [-0.05, 0) is 60.2 Å². The molecule has 2 aliphatic rings. The Balaban J connectivity index is 0.00000450. The number of furan rings is 1. The Morgan fingerprint density at radius 3 is 2.45 bits per heavy atom. The van der Waals surface area contributed by atoms with Crippen LogP contribution in [-0.2, 0) is 14.4 Å². The van der Waals surface area contributed by atoms with E-state index in [2.05, 4.69) is 10.3 Å². The van der Waals surface area contributed by atoms with Crippen LogP contribution in [0.25, 0.3) is 32.6 Å². The second-order valence-corrected chi connectivity index (χ2v) is 13.5. The SMILES string of the molecule is O=C(CCCCCN1C(=O)C=CC1=O)Oc1cc2c(c3ccccc13)[C@H](CCl)CN2C(=O)c1cc2cc(NC(=O)c3cc4ccccc4o3)ccc2[nH]1.[HH]. The summed E-state index contributed by atoms with van der Waals surface area (Å²) in [6.07, 6.45) is 4.40. The summed E-state index contributed by atoms with van der Waals surface area (Å²) < 4.78 is 11.6. The maximum atomic E-state index is 14.2. The van der Waals surface area contributed by atoms with E-state index in [1.807, 2.05) is 42.5 Å². The summed E-state index contributed by atoms with van der Waals surface area (Å²) in [6, 6.07) is 25.5. The lowest BCUT2D eigenvalue weighted by atomic mass is 9.95. The fourth-order valence-corrected chi connectivity index (χ4v) is 7.37. The number of fused-ring (bicyclic) bond motifs is 5. The zero-order valence-electron chi connectivity index (χ0n) is 28.4. The third-order valence-corrected chi connectivity index (χ3v) is 10.1. The third kappa shape index (κ3) is 6.55. The number of esters is 1. The van der Waals surface area contributed by atoms with E-state index in [1.165, 1.54) is 17.1 Å². The molecule has 0 spiro atoms. The molecule has 4 heterocycles. The van der Waals surface area contributed by atoms with Crippen molar-refractivity contribution in [1.29, 1.82) is 0 Å². The van der Waals surface area contributed by atoms with Crippen LogP contribution in [0.15, 0.2) is 101 Å². The highest BCUT2D eigenvalue weighted by molar-refractivity contribution is 6.19. The molecule has 0 fully saturated rings. The van der Waals surface area contributed by atoms with Crippen LogP contribution in [0.1, 0.15) is 59.6 Å². The van der Waals surface area contributed by atoms with E-state index in [1.54, 1.807) is 47.4 Å². The molecule has 53 heavy (non-hydrogen) atoms. The van der Waals surface area contributed by atoms with Crippen molar-refractivity contribution in [3.8, 4) is 5.75 Å². The molecule has 4 amide bonds. The highest BCUT2D eigenvalue weighted by Crippen LogP contribution is 2.46. The fraction of sp³-hybridized carbons (Fsp3) is 0.195. The molecule has 0 radical (unpaired) electrons. The first kappa shape index (κ1) is 33.9. The van der Waals surface area contributed by atoms with Gasteiger partial charge >= 0.3 is 5.97 Å². The first-order valence-electron chi connectivity index (χ1n) is 17.4. The first-order chi connectivity index (χ1) is 25.8. The Hall–Kier alpha value is -6.20. The number of amides is 4. The number of imide groups is 1. The van der Waals surface area contributed by atoms with Crippen molar-refractivity contribution in [2.75, 3.05) is 29.2 Å². The molecule has 0 bridgehead atoms. The van der Waals surface area contributed by atoms with Crippen LogP contribution in [0.2, 0.25) is 0 Å². The third-order valence-electron chi connectivity index (χ3n) is 9.71. The number of ether oxygens (including phenoxy) is 1. The van der Waals surface area contributed by atoms with E-state index in [9.17, 15) is 24.0 Å². The second-order valence-electron chi connectivity index (χ2n) is 13.2. The monoisotopic (exact) mass is 730 g/mol. The van der Waals surface area contributed by atoms with Gasteiger partial charge in [0.25, 0.3) is 23.6 Å². The van der Waals surface area contributed by atoms with Gasteiger partial charge in [0.15, 0.2) is 5.76 Å². The van der Waals surface area contributed by atoms with Crippen molar-refractivity contribution >= 4 is 85.2 Å². The minimum Gasteiger partial charge on any atom is -0.451 e. The molecule has 268 valence electrons. The van der Waals surface area contributed by atoms with Crippen LogP contribution in [0, 0.1) is 0 Å². The number of carbonyl (C=O) groups excluding carboxylic acids is 5. The largest absolute Gasteiger partial charge is 0.451 e. The zero-order valence-corrected chi connectivity index (χ0v) is 29.2. The van der Waals surface area contributed by atoms with Crippen molar-refractivity contribution in [3.05, 3.63) is 114 Å². The molecule has 2 aliphatic heterocycles. The van der Waals surface area contributed by atoms with Crippen LogP contribution in [0.3, 0.4) is 0 Å². The molecule has 11 nitrogen and oxygen atoms in total. The van der Waals surface area contributed by atoms with Crippen LogP contribution >= 0.6 is 11.6 Å². The number of para-hydroxylation sites is 1. The highest BCUT2D eigenvalue weighted by Gasteiger charge is 2.36. The number of halogens is 1. The fourth-order valence-electron chi connectivity index (χ4n) is 7.11. The number of alkyl halides is 1. The van der Waals surface area contributed by atoms with Crippen molar-refractivity contribution < 1.29 is 34.6 Å². The lowest BCUT2D eigenvalue weighted by Crippen LogP contribution is -2.30. The maximum Gasteiger partial charge on any atom is 0.311 e. The molecule has 4 aromatic carbocycles. The van der Waals surface area contributed by atoms with Crippen molar-refractivity contribution in [2.24, 2.45) is 0 Å². The number of hydrogen-bond donors (Lipinski definition) is 2. The molecular weight excluding hydrogens is 696 g/mol. The molecule has 0 saturated heterocycles. The van der Waals surface area contributed by atoms with Gasteiger partial charge in [0.2, 0.25) is 0 Å². The summed E-state index contributed by atoms with van der Waals surface area (Å²) in [5, 5.41) is 6.03. The predicted molar refractivity (Wildman–Crippen MR) is 204 cm³/mol. The zero-order chi connectivity index (χ0) is 36.6. The van der Waals surface area contributed by atoms with E-state index in [0.29, 0.717) is 66.3 Å². The summed E-state index contributed by atoms with van der Waals surface area (Å²) >= 11 is 6.49. The van der Waals surface area contributed by atoms with E-state index in [-0.39, 0.29) is 49.0 Å². The van der Waals surface area contributed by atoms with Crippen LogP contribution in [0.4, 0.5) is 11.4 Å². The van der Waals surface area contributed by atoms with E-state index in [4.69, 9.17) is 20.8 Å². The van der Waals surface area contributed by atoms with E-state index < -0.39 is 5.97 Å². The Kier molecular flexibility index (Phi) is 9.01. The predicted octanol–water partition coefficient (Wildman–Crippen LogP) is 7.94. The molecule has 6 aromatic rings. The maximum absolute atomic E-state index is 14.2. The number of nitrogens with one attached hydrogen (secondary N) is 2. The topological polar surface area (TPSA) is 142 Å². The number of rotatable bonds is 11. The number of H-pyrrole nitrogens is 1. The van der Waals surface area contributed by atoms with Gasteiger partial charge in [-0.3, -0.25) is 28.9 Å². The average molecular weight is 731 g/mol. The number of anilines is 2. The number of hydrogen-bond acceptors (Lipinski definition) is 7. The van der Waals surface area contributed by atoms with Crippen LogP contribution in [0.5, 0.6) is 5.75 Å². The van der Waals surface area contributed by atoms with Gasteiger partial charge in [-0.2, -0.15) is 0 Å². The molecule has 0 saturated carbocycles. The number of aromatic nitrogens is 1. The van der Waals surface area contributed by atoms with Gasteiger partial charge in [0, 0.05) is 78.3 Å². The van der Waals surface area contributed by atoms with Gasteiger partial charge in [0.05, 0.1) is 5.69 Å². The Morgan fingerprint density at radius 1 is 0.887 bits per heavy atom. The lowest BCUT2D eigenvalue weighted by Gasteiger charge is -2.18. The number of carbonyl (C=O) groups is 5. The highest BCUT2D eigenvalue weighted by atomic mass is 35.5. The van der Waals surface area contributed by atoms with Gasteiger partial charge < -0.3 is 24.4 Å². The minimum atomic E-state index is -0.423. The standard InChI is InChI=1S/C41H33ClN4O7.H2/c42-22-26-23-46(41(51)31-19-25-18-27(13-14-30(25)44-31)43-40(50)35-20-24-8-3-6-11-33(24)52-35)32-21-34(28-9-4-5-10-29(28)39(26)32)53-38(49)12-2-1-7-17-45-36(47)15-16-37(45)48;/h3-6,8-11,13-16,18-21,26,44H,1-2,7,12,17,22-23H2,(H,43,50);1H/t26-;/m1./s1. The Bertz CT molecular complexity index is 2450. The number of nitrogens with zero attached hydrogens (tertiary/aromatic N) is 2. The van der Waals surface area contributed by atoms with Crippen LogP contribution in [-0.4, -0.2) is 58.5 Å². The van der Waals surface area contributed by atoms with Crippen molar-refractivity contribution in [3.63, 3.8) is 0 Å². The molecule has 0 aliphatic carbocycles. The first-order valence-corrected chi connectivity index (χ1v) is 17.9. The van der Waals surface area contributed by atoms with Gasteiger partial charge in [-0.25, -0.2) is 0 Å². The second kappa shape index (κ2) is 14.1. The number of unbranched alkanes of at least 4 members (excludes halogenated alkanes) is 2. The Morgan fingerprint density at radius 2 is 1.66 bits per heavy atom. The smallest absolute Gasteiger partial charge is 0.311 e. The molecule has 8 rings (SSSR count). The average Bonchev–Trinajstić information content (AvgIpc) is 3.95. The van der Waals surface area contributed by atoms with Crippen LogP contribution < -0.4 is 15.0 Å². The van der Waals surface area contributed by atoms with Crippen molar-refractivity contribution in [2.45, 2.75) is 31.6 Å². The normalized spacial score (nSPS) is 15.2. The number of benzene rings is 4. The quantitative estimate of drug-likeness (QED) is 0.0453. The van der Waals surface area contributed by atoms with E-state index in [0.717, 1.165) is 27.1 Å². The summed E-state index contributed by atoms with van der Waals surface area (Å²) in [5.41, 5.74) is 3.76. The molecule has 2 N–H and O–H groups in total. The molecule has 0 unspecified atom stereocenters.